The van der Waals surface area contributed by atoms with E-state index in [-0.39, 0.29) is 30.0 Å². The molecule has 2 aromatic rings. The lowest BCUT2D eigenvalue weighted by atomic mass is 10.1. The summed E-state index contributed by atoms with van der Waals surface area (Å²) in [4.78, 5) is 4.68. The number of halogens is 1. The van der Waals surface area contributed by atoms with Gasteiger partial charge in [-0.25, -0.2) is 0 Å². The summed E-state index contributed by atoms with van der Waals surface area (Å²) in [5.74, 6) is 2.41. The van der Waals surface area contributed by atoms with Gasteiger partial charge in [0, 0.05) is 25.2 Å². The first kappa shape index (κ1) is 24.0. The van der Waals surface area contributed by atoms with E-state index in [1.807, 2.05) is 22.8 Å². The van der Waals surface area contributed by atoms with Gasteiger partial charge >= 0.3 is 0 Å². The minimum atomic E-state index is 0. The second-order valence-electron chi connectivity index (χ2n) is 6.14. The van der Waals surface area contributed by atoms with Gasteiger partial charge in [0.1, 0.15) is 24.2 Å². The highest BCUT2D eigenvalue weighted by atomic mass is 127. The van der Waals surface area contributed by atoms with Gasteiger partial charge in [-0.1, -0.05) is 0 Å². The summed E-state index contributed by atoms with van der Waals surface area (Å²) < 4.78 is 12.8. The van der Waals surface area contributed by atoms with E-state index in [0.717, 1.165) is 55.5 Å². The van der Waals surface area contributed by atoms with Crippen molar-refractivity contribution in [1.29, 1.82) is 0 Å². The SMILES string of the molecule is CCNC(=NCCCCn1cnnc1)NC(C)c1cc(OC)ccc1OC.I. The van der Waals surface area contributed by atoms with Crippen molar-refractivity contribution < 1.29 is 9.47 Å². The lowest BCUT2D eigenvalue weighted by molar-refractivity contribution is 0.394. The van der Waals surface area contributed by atoms with Crippen LogP contribution in [0.5, 0.6) is 11.5 Å². The van der Waals surface area contributed by atoms with Crippen LogP contribution in [0.25, 0.3) is 0 Å². The molecule has 0 saturated heterocycles. The van der Waals surface area contributed by atoms with E-state index in [9.17, 15) is 0 Å². The predicted molar refractivity (Wildman–Crippen MR) is 122 cm³/mol. The molecule has 9 heteroatoms. The summed E-state index contributed by atoms with van der Waals surface area (Å²) in [5, 5.41) is 14.4. The number of methoxy groups -OCH3 is 2. The van der Waals surface area contributed by atoms with E-state index in [0.29, 0.717) is 0 Å². The largest absolute Gasteiger partial charge is 0.497 e. The first-order valence-electron chi connectivity index (χ1n) is 9.27. The second-order valence-corrected chi connectivity index (χ2v) is 6.14. The molecule has 0 amide bonds. The molecule has 0 saturated carbocycles. The van der Waals surface area contributed by atoms with Crippen molar-refractivity contribution in [3.8, 4) is 11.5 Å². The summed E-state index contributed by atoms with van der Waals surface area (Å²) >= 11 is 0. The Hall–Kier alpha value is -2.04. The van der Waals surface area contributed by atoms with Crippen molar-refractivity contribution in [3.05, 3.63) is 36.4 Å². The van der Waals surface area contributed by atoms with Crippen molar-refractivity contribution in [3.63, 3.8) is 0 Å². The van der Waals surface area contributed by atoms with Crippen LogP contribution in [0.15, 0.2) is 35.8 Å². The number of guanidine groups is 1. The van der Waals surface area contributed by atoms with Crippen LogP contribution in [0.1, 0.15) is 38.3 Å². The normalized spacial score (nSPS) is 12.1. The lowest BCUT2D eigenvalue weighted by Crippen LogP contribution is -2.39. The summed E-state index contributed by atoms with van der Waals surface area (Å²) in [6.07, 6.45) is 5.49. The van der Waals surface area contributed by atoms with Gasteiger partial charge in [0.05, 0.1) is 20.3 Å². The zero-order valence-corrected chi connectivity index (χ0v) is 19.3. The molecule has 1 aromatic carbocycles. The number of rotatable bonds is 10. The fourth-order valence-electron chi connectivity index (χ4n) is 2.72. The summed E-state index contributed by atoms with van der Waals surface area (Å²) in [7, 11) is 3.34. The number of unbranched alkanes of at least 4 members (excludes halogenated alkanes) is 1. The van der Waals surface area contributed by atoms with Crippen molar-refractivity contribution in [2.75, 3.05) is 27.3 Å². The van der Waals surface area contributed by atoms with E-state index in [2.05, 4.69) is 39.7 Å². The molecule has 0 radical (unpaired) electrons. The number of aromatic nitrogens is 3. The van der Waals surface area contributed by atoms with Crippen LogP contribution in [0.4, 0.5) is 0 Å². The number of ether oxygens (including phenoxy) is 2. The molecule has 0 aliphatic heterocycles. The summed E-state index contributed by atoms with van der Waals surface area (Å²) in [5.41, 5.74) is 1.02. The van der Waals surface area contributed by atoms with Gasteiger partial charge in [-0.3, -0.25) is 4.99 Å². The van der Waals surface area contributed by atoms with Crippen LogP contribution in [0, 0.1) is 0 Å². The van der Waals surface area contributed by atoms with Gasteiger partial charge < -0.3 is 24.7 Å². The highest BCUT2D eigenvalue weighted by molar-refractivity contribution is 14.0. The molecule has 1 aromatic heterocycles. The topological polar surface area (TPSA) is 85.6 Å². The van der Waals surface area contributed by atoms with E-state index in [4.69, 9.17) is 9.47 Å². The molecule has 0 fully saturated rings. The number of aryl methyl sites for hydroxylation is 1. The molecule has 1 heterocycles. The number of hydrogen-bond donors (Lipinski definition) is 2. The number of benzene rings is 1. The average molecular weight is 502 g/mol. The molecule has 2 rings (SSSR count). The highest BCUT2D eigenvalue weighted by Gasteiger charge is 2.14. The number of nitrogens with one attached hydrogen (secondary N) is 2. The monoisotopic (exact) mass is 502 g/mol. The van der Waals surface area contributed by atoms with Crippen molar-refractivity contribution in [1.82, 2.24) is 25.4 Å². The maximum absolute atomic E-state index is 5.49. The first-order chi connectivity index (χ1) is 13.2. The fourth-order valence-corrected chi connectivity index (χ4v) is 2.72. The van der Waals surface area contributed by atoms with E-state index in [1.165, 1.54) is 0 Å². The van der Waals surface area contributed by atoms with Gasteiger partial charge in [-0.05, 0) is 44.9 Å². The van der Waals surface area contributed by atoms with Crippen molar-refractivity contribution in [2.24, 2.45) is 4.99 Å². The van der Waals surface area contributed by atoms with Gasteiger partial charge in [-0.15, -0.1) is 34.2 Å². The molecular formula is C19H31IN6O2. The van der Waals surface area contributed by atoms with Gasteiger partial charge in [0.15, 0.2) is 5.96 Å². The van der Waals surface area contributed by atoms with E-state index >= 15 is 0 Å². The fraction of sp³-hybridized carbons (Fsp3) is 0.526. The van der Waals surface area contributed by atoms with Crippen LogP contribution < -0.4 is 20.1 Å². The van der Waals surface area contributed by atoms with Crippen molar-refractivity contribution >= 4 is 29.9 Å². The van der Waals surface area contributed by atoms with Crippen LogP contribution in [-0.4, -0.2) is 48.0 Å². The molecule has 0 spiro atoms. The van der Waals surface area contributed by atoms with Crippen LogP contribution in [0.2, 0.25) is 0 Å². The van der Waals surface area contributed by atoms with Crippen LogP contribution >= 0.6 is 24.0 Å². The molecular weight excluding hydrogens is 471 g/mol. The number of nitrogens with zero attached hydrogens (tertiary/aromatic N) is 4. The Morgan fingerprint density at radius 2 is 1.93 bits per heavy atom. The average Bonchev–Trinajstić information content (AvgIpc) is 3.20. The van der Waals surface area contributed by atoms with Crippen molar-refractivity contribution in [2.45, 2.75) is 39.3 Å². The molecule has 0 bridgehead atoms. The maximum atomic E-state index is 5.49. The quantitative estimate of drug-likeness (QED) is 0.225. The second kappa shape index (κ2) is 13.2. The zero-order valence-electron chi connectivity index (χ0n) is 17.0. The minimum absolute atomic E-state index is 0. The third-order valence-corrected chi connectivity index (χ3v) is 4.16. The van der Waals surface area contributed by atoms with Gasteiger partial charge in [0.2, 0.25) is 0 Å². The molecule has 2 N–H and O–H groups in total. The molecule has 0 aliphatic carbocycles. The Morgan fingerprint density at radius 1 is 1.18 bits per heavy atom. The van der Waals surface area contributed by atoms with Crippen LogP contribution in [0.3, 0.4) is 0 Å². The molecule has 1 unspecified atom stereocenters. The Labute approximate surface area is 184 Å². The maximum Gasteiger partial charge on any atom is 0.191 e. The standard InChI is InChI=1S/C19H30N6O2.HI/c1-5-20-19(21-10-6-7-11-25-13-22-23-14-25)24-15(2)17-12-16(26-3)8-9-18(17)27-4;/h8-9,12-15H,5-7,10-11H2,1-4H3,(H2,20,21,24);1H. The van der Waals surface area contributed by atoms with Gasteiger partial charge in [-0.2, -0.15) is 0 Å². The minimum Gasteiger partial charge on any atom is -0.497 e. The highest BCUT2D eigenvalue weighted by Crippen LogP contribution is 2.29. The third-order valence-electron chi connectivity index (χ3n) is 4.16. The predicted octanol–water partition coefficient (Wildman–Crippen LogP) is 3.01. The third kappa shape index (κ3) is 7.53. The van der Waals surface area contributed by atoms with Crippen LogP contribution in [-0.2, 0) is 6.54 Å². The molecule has 156 valence electrons. The Morgan fingerprint density at radius 3 is 2.57 bits per heavy atom. The zero-order chi connectivity index (χ0) is 19.5. The molecule has 1 atom stereocenters. The lowest BCUT2D eigenvalue weighted by Gasteiger charge is -2.20. The number of aliphatic imine (C=N–C) groups is 1. The molecule has 8 nitrogen and oxygen atoms in total. The summed E-state index contributed by atoms with van der Waals surface area (Å²) in [6, 6.07) is 5.81. The first-order valence-corrected chi connectivity index (χ1v) is 9.27. The summed E-state index contributed by atoms with van der Waals surface area (Å²) in [6.45, 7) is 6.59. The molecule has 0 aliphatic rings. The smallest absolute Gasteiger partial charge is 0.191 e. The Kier molecular flexibility index (Phi) is 11.3. The molecule has 28 heavy (non-hydrogen) atoms. The Balaban J connectivity index is 0.00000392. The van der Waals surface area contributed by atoms with E-state index < -0.39 is 0 Å². The number of hydrogen-bond acceptors (Lipinski definition) is 5. The van der Waals surface area contributed by atoms with Gasteiger partial charge in [0.25, 0.3) is 0 Å². The Bertz CT molecular complexity index is 708. The van der Waals surface area contributed by atoms with E-state index in [1.54, 1.807) is 26.9 Å².